The number of nitrogens with zero attached hydrogens (tertiary/aromatic N) is 2. The summed E-state index contributed by atoms with van der Waals surface area (Å²) >= 11 is 7.45. The van der Waals surface area contributed by atoms with Crippen LogP contribution in [0.1, 0.15) is 41.6 Å². The SMILES string of the molecule is CCOC(=O)C1=C(C)N=c2s/c(=C\c3ccc(-c4cc(C(=O)O)ccc4Cl)o3)c(=O)n2[C@H]1c1cccc(OC)c1. The van der Waals surface area contributed by atoms with Crippen molar-refractivity contribution in [1.29, 1.82) is 0 Å². The molecule has 0 saturated heterocycles. The summed E-state index contributed by atoms with van der Waals surface area (Å²) < 4.78 is 18.4. The number of carboxylic acids is 1. The quantitative estimate of drug-likeness (QED) is 0.322. The van der Waals surface area contributed by atoms with Gasteiger partial charge in [-0.3, -0.25) is 9.36 Å². The fraction of sp³-hybridized carbons (Fsp3) is 0.172. The average Bonchev–Trinajstić information content (AvgIpc) is 3.52. The van der Waals surface area contributed by atoms with Crippen LogP contribution in [0.25, 0.3) is 17.4 Å². The lowest BCUT2D eigenvalue weighted by molar-refractivity contribution is -0.139. The number of aromatic carboxylic acids is 1. The highest BCUT2D eigenvalue weighted by molar-refractivity contribution is 7.07. The highest BCUT2D eigenvalue weighted by Crippen LogP contribution is 2.33. The maximum absolute atomic E-state index is 13.8. The molecule has 1 atom stereocenters. The summed E-state index contributed by atoms with van der Waals surface area (Å²) in [5.41, 5.74) is 1.49. The van der Waals surface area contributed by atoms with Crippen molar-refractivity contribution < 1.29 is 28.6 Å². The largest absolute Gasteiger partial charge is 0.497 e. The number of hydrogen-bond acceptors (Lipinski definition) is 8. The van der Waals surface area contributed by atoms with Crippen LogP contribution in [0.4, 0.5) is 0 Å². The molecule has 2 aromatic heterocycles. The van der Waals surface area contributed by atoms with Crippen LogP contribution in [0.5, 0.6) is 5.75 Å². The van der Waals surface area contributed by atoms with Crippen molar-refractivity contribution in [2.24, 2.45) is 4.99 Å². The van der Waals surface area contributed by atoms with Crippen molar-refractivity contribution in [3.63, 3.8) is 0 Å². The molecule has 0 radical (unpaired) electrons. The number of furan rings is 1. The molecular formula is C29H23ClN2O7S. The van der Waals surface area contributed by atoms with E-state index in [1.807, 2.05) is 6.07 Å². The molecule has 1 aliphatic rings. The van der Waals surface area contributed by atoms with Crippen LogP contribution in [0.15, 0.2) is 80.1 Å². The molecule has 3 heterocycles. The number of benzene rings is 2. The third kappa shape index (κ3) is 4.99. The van der Waals surface area contributed by atoms with Crippen LogP contribution in [0.2, 0.25) is 5.02 Å². The number of hydrogen-bond donors (Lipinski definition) is 1. The molecule has 204 valence electrons. The van der Waals surface area contributed by atoms with Crippen LogP contribution in [-0.4, -0.2) is 35.3 Å². The van der Waals surface area contributed by atoms with E-state index < -0.39 is 18.0 Å². The molecule has 40 heavy (non-hydrogen) atoms. The van der Waals surface area contributed by atoms with Gasteiger partial charge in [0.15, 0.2) is 4.80 Å². The molecule has 0 amide bonds. The third-order valence-electron chi connectivity index (χ3n) is 6.31. The van der Waals surface area contributed by atoms with Gasteiger partial charge in [-0.05, 0) is 61.9 Å². The molecule has 2 aromatic carbocycles. The Morgan fingerprint density at radius 3 is 2.73 bits per heavy atom. The number of carbonyl (C=O) groups excluding carboxylic acids is 1. The van der Waals surface area contributed by atoms with E-state index in [-0.39, 0.29) is 23.3 Å². The van der Waals surface area contributed by atoms with E-state index in [4.69, 9.17) is 25.5 Å². The molecule has 1 N–H and O–H groups in total. The zero-order valence-electron chi connectivity index (χ0n) is 21.6. The Kier molecular flexibility index (Phi) is 7.46. The van der Waals surface area contributed by atoms with Crippen LogP contribution in [0.3, 0.4) is 0 Å². The standard InChI is InChI=1S/C29H23ClN2O7S/c1-4-38-28(36)24-15(2)31-29-32(25(24)16-6-5-7-18(12-16)37-3)26(33)23(40-29)14-19-9-11-22(39-19)20-13-17(27(34)35)8-10-21(20)30/h5-14,25H,4H2,1-3H3,(H,34,35)/b23-14-/t25-/m0/s1. The molecule has 11 heteroatoms. The first-order valence-electron chi connectivity index (χ1n) is 12.2. The summed E-state index contributed by atoms with van der Waals surface area (Å²) in [6.07, 6.45) is 1.58. The molecule has 1 aliphatic heterocycles. The highest BCUT2D eigenvalue weighted by atomic mass is 35.5. The Morgan fingerprint density at radius 2 is 2.00 bits per heavy atom. The van der Waals surface area contributed by atoms with E-state index in [2.05, 4.69) is 4.99 Å². The number of halogens is 1. The van der Waals surface area contributed by atoms with Crippen LogP contribution in [0, 0.1) is 0 Å². The van der Waals surface area contributed by atoms with E-state index in [9.17, 15) is 19.5 Å². The Balaban J connectivity index is 1.64. The topological polar surface area (TPSA) is 120 Å². The zero-order valence-corrected chi connectivity index (χ0v) is 23.2. The smallest absolute Gasteiger partial charge is 0.338 e. The number of methoxy groups -OCH3 is 1. The number of aromatic nitrogens is 1. The Morgan fingerprint density at radius 1 is 1.20 bits per heavy atom. The maximum Gasteiger partial charge on any atom is 0.338 e. The van der Waals surface area contributed by atoms with Crippen molar-refractivity contribution in [3.8, 4) is 17.1 Å². The highest BCUT2D eigenvalue weighted by Gasteiger charge is 2.33. The summed E-state index contributed by atoms with van der Waals surface area (Å²) in [6.45, 7) is 3.60. The first kappa shape index (κ1) is 27.2. The minimum absolute atomic E-state index is 0.0657. The molecule has 0 fully saturated rings. The molecule has 5 rings (SSSR count). The first-order valence-corrected chi connectivity index (χ1v) is 13.4. The second-order valence-electron chi connectivity index (χ2n) is 8.78. The number of carboxylic acid groups (broad SMARTS) is 1. The molecule has 0 unspecified atom stereocenters. The lowest BCUT2D eigenvalue weighted by Crippen LogP contribution is -2.39. The molecule has 0 bridgehead atoms. The minimum atomic E-state index is -1.09. The number of esters is 1. The van der Waals surface area contributed by atoms with Gasteiger partial charge in [0.25, 0.3) is 5.56 Å². The van der Waals surface area contributed by atoms with Gasteiger partial charge >= 0.3 is 11.9 Å². The fourth-order valence-corrected chi connectivity index (χ4v) is 5.71. The molecule has 0 spiro atoms. The second kappa shape index (κ2) is 11.0. The van der Waals surface area contributed by atoms with E-state index >= 15 is 0 Å². The van der Waals surface area contributed by atoms with Gasteiger partial charge in [0, 0.05) is 11.6 Å². The van der Waals surface area contributed by atoms with Gasteiger partial charge in [-0.15, -0.1) is 0 Å². The molecule has 0 saturated carbocycles. The number of ether oxygens (including phenoxy) is 2. The zero-order chi connectivity index (χ0) is 28.6. The van der Waals surface area contributed by atoms with Crippen molar-refractivity contribution in [3.05, 3.63) is 107 Å². The van der Waals surface area contributed by atoms with Crippen molar-refractivity contribution in [2.75, 3.05) is 13.7 Å². The van der Waals surface area contributed by atoms with Gasteiger partial charge in [-0.1, -0.05) is 35.1 Å². The van der Waals surface area contributed by atoms with Gasteiger partial charge in [-0.25, -0.2) is 14.6 Å². The lowest BCUT2D eigenvalue weighted by atomic mass is 9.95. The average molecular weight is 579 g/mol. The monoisotopic (exact) mass is 578 g/mol. The minimum Gasteiger partial charge on any atom is -0.497 e. The van der Waals surface area contributed by atoms with E-state index in [1.54, 1.807) is 57.4 Å². The fourth-order valence-electron chi connectivity index (χ4n) is 4.47. The summed E-state index contributed by atoms with van der Waals surface area (Å²) in [6, 6.07) is 14.0. The molecule has 0 aliphatic carbocycles. The van der Waals surface area contributed by atoms with Gasteiger partial charge in [0.05, 0.1) is 46.1 Å². The normalized spacial score (nSPS) is 15.0. The van der Waals surface area contributed by atoms with E-state index in [0.29, 0.717) is 48.5 Å². The predicted molar refractivity (Wildman–Crippen MR) is 150 cm³/mol. The molecule has 4 aromatic rings. The molecular weight excluding hydrogens is 556 g/mol. The van der Waals surface area contributed by atoms with Crippen molar-refractivity contribution in [2.45, 2.75) is 19.9 Å². The van der Waals surface area contributed by atoms with Gasteiger partial charge in [-0.2, -0.15) is 0 Å². The third-order valence-corrected chi connectivity index (χ3v) is 7.62. The summed E-state index contributed by atoms with van der Waals surface area (Å²) in [5, 5.41) is 9.65. The van der Waals surface area contributed by atoms with E-state index in [1.165, 1.54) is 22.8 Å². The Hall–Kier alpha value is -4.41. The van der Waals surface area contributed by atoms with Gasteiger partial charge in [0.2, 0.25) is 0 Å². The Labute approximate surface area is 236 Å². The van der Waals surface area contributed by atoms with Crippen molar-refractivity contribution >= 4 is 41.0 Å². The van der Waals surface area contributed by atoms with Crippen LogP contribution < -0.4 is 19.6 Å². The number of allylic oxidation sites excluding steroid dienone is 1. The van der Waals surface area contributed by atoms with Gasteiger partial charge in [0.1, 0.15) is 17.3 Å². The summed E-state index contributed by atoms with van der Waals surface area (Å²) in [4.78, 5) is 43.2. The second-order valence-corrected chi connectivity index (χ2v) is 10.2. The summed E-state index contributed by atoms with van der Waals surface area (Å²) in [5.74, 6) is -0.361. The van der Waals surface area contributed by atoms with Crippen LogP contribution in [-0.2, 0) is 9.53 Å². The summed E-state index contributed by atoms with van der Waals surface area (Å²) in [7, 11) is 1.54. The number of carbonyl (C=O) groups is 2. The van der Waals surface area contributed by atoms with E-state index in [0.717, 1.165) is 11.3 Å². The number of fused-ring (bicyclic) bond motifs is 1. The van der Waals surface area contributed by atoms with Crippen LogP contribution >= 0.6 is 22.9 Å². The molecule has 9 nitrogen and oxygen atoms in total. The van der Waals surface area contributed by atoms with Crippen molar-refractivity contribution in [1.82, 2.24) is 4.57 Å². The maximum atomic E-state index is 13.8. The first-order chi connectivity index (χ1) is 19.2. The number of rotatable bonds is 7. The lowest BCUT2D eigenvalue weighted by Gasteiger charge is -2.24. The van der Waals surface area contributed by atoms with Gasteiger partial charge < -0.3 is 19.0 Å². The Bertz CT molecular complexity index is 1870. The number of thiazole rings is 1. The predicted octanol–water partition coefficient (Wildman–Crippen LogP) is 4.42.